The number of nitrogens with zero attached hydrogens (tertiary/aromatic N) is 1. The Balaban J connectivity index is 1.44. The van der Waals surface area contributed by atoms with Crippen LogP contribution in [0.15, 0.2) is 59.5 Å². The van der Waals surface area contributed by atoms with E-state index in [-0.39, 0.29) is 16.3 Å². The van der Waals surface area contributed by atoms with Crippen LogP contribution in [0.3, 0.4) is 0 Å². The largest absolute Gasteiger partial charge is 0.379 e. The van der Waals surface area contributed by atoms with Gasteiger partial charge in [-0.25, -0.2) is 8.42 Å². The van der Waals surface area contributed by atoms with Gasteiger partial charge in [0.15, 0.2) is 0 Å². The summed E-state index contributed by atoms with van der Waals surface area (Å²) < 4.78 is 33.3. The normalized spacial score (nSPS) is 19.2. The molecule has 0 unspecified atom stereocenters. The van der Waals surface area contributed by atoms with Gasteiger partial charge in [0, 0.05) is 36.4 Å². The highest BCUT2D eigenvalue weighted by Gasteiger charge is 2.38. The summed E-state index contributed by atoms with van der Waals surface area (Å²) in [5, 5.41) is 3.13. The molecule has 172 valence electrons. The number of amides is 1. The number of morpholine rings is 1. The molecule has 0 aromatic heterocycles. The first-order valence-corrected chi connectivity index (χ1v) is 12.8. The van der Waals surface area contributed by atoms with Gasteiger partial charge in [-0.1, -0.05) is 43.5 Å². The van der Waals surface area contributed by atoms with Crippen molar-refractivity contribution in [3.05, 3.63) is 60.2 Å². The van der Waals surface area contributed by atoms with Crippen LogP contribution in [0.5, 0.6) is 0 Å². The minimum Gasteiger partial charge on any atom is -0.379 e. The molecule has 2 fully saturated rings. The number of ether oxygens (including phenoxy) is 1. The average Bonchev–Trinajstić information content (AvgIpc) is 2.84. The number of sulfonamides is 1. The second-order valence-corrected chi connectivity index (χ2v) is 10.2. The molecule has 1 aliphatic carbocycles. The van der Waals surface area contributed by atoms with Gasteiger partial charge in [0.1, 0.15) is 0 Å². The first kappa shape index (κ1) is 22.8. The Hall–Kier alpha value is -2.42. The smallest absolute Gasteiger partial charge is 0.261 e. The van der Waals surface area contributed by atoms with E-state index in [1.807, 2.05) is 0 Å². The molecule has 0 radical (unpaired) electrons. The summed E-state index contributed by atoms with van der Waals surface area (Å²) in [5.41, 5.74) is 0.776. The maximum absolute atomic E-state index is 13.0. The Kier molecular flexibility index (Phi) is 7.13. The fourth-order valence-electron chi connectivity index (χ4n) is 4.74. The van der Waals surface area contributed by atoms with Crippen molar-refractivity contribution in [3.8, 4) is 0 Å². The molecule has 1 amide bonds. The standard InChI is InChI=1S/C24H31N3O4S/c28-23(25-19-24(12-5-2-6-13-24)27-14-16-31-17-15-27)20-8-7-9-21(18-20)26-32(29,30)22-10-3-1-4-11-22/h1,3-4,7-11,18,26H,2,5-6,12-17,19H2,(H,25,28). The van der Waals surface area contributed by atoms with Gasteiger partial charge < -0.3 is 10.1 Å². The van der Waals surface area contributed by atoms with E-state index in [0.717, 1.165) is 39.1 Å². The molecule has 1 heterocycles. The Morgan fingerprint density at radius 3 is 2.41 bits per heavy atom. The summed E-state index contributed by atoms with van der Waals surface area (Å²) in [7, 11) is -3.71. The Morgan fingerprint density at radius 2 is 1.69 bits per heavy atom. The molecule has 2 N–H and O–H groups in total. The molecule has 0 atom stereocenters. The van der Waals surface area contributed by atoms with E-state index in [0.29, 0.717) is 17.8 Å². The van der Waals surface area contributed by atoms with Crippen LogP contribution in [0.25, 0.3) is 0 Å². The van der Waals surface area contributed by atoms with Crippen molar-refractivity contribution < 1.29 is 17.9 Å². The van der Waals surface area contributed by atoms with E-state index in [1.54, 1.807) is 42.5 Å². The number of nitrogens with one attached hydrogen (secondary N) is 2. The molecule has 7 nitrogen and oxygen atoms in total. The fraction of sp³-hybridized carbons (Fsp3) is 0.458. The van der Waals surface area contributed by atoms with Gasteiger partial charge in [-0.2, -0.15) is 0 Å². The second-order valence-electron chi connectivity index (χ2n) is 8.57. The topological polar surface area (TPSA) is 87.7 Å². The molecular weight excluding hydrogens is 426 g/mol. The van der Waals surface area contributed by atoms with Crippen LogP contribution in [0.4, 0.5) is 5.69 Å². The molecule has 32 heavy (non-hydrogen) atoms. The van der Waals surface area contributed by atoms with Crippen LogP contribution in [-0.4, -0.2) is 57.6 Å². The van der Waals surface area contributed by atoms with Crippen LogP contribution < -0.4 is 10.0 Å². The number of hydrogen-bond acceptors (Lipinski definition) is 5. The zero-order valence-electron chi connectivity index (χ0n) is 18.3. The van der Waals surface area contributed by atoms with Crippen molar-refractivity contribution in [2.45, 2.75) is 42.5 Å². The quantitative estimate of drug-likeness (QED) is 0.666. The third kappa shape index (κ3) is 5.31. The lowest BCUT2D eigenvalue weighted by Gasteiger charge is -2.48. The van der Waals surface area contributed by atoms with E-state index in [4.69, 9.17) is 4.74 Å². The van der Waals surface area contributed by atoms with Crippen LogP contribution in [0.1, 0.15) is 42.5 Å². The summed E-state index contributed by atoms with van der Waals surface area (Å²) in [6, 6.07) is 14.8. The lowest BCUT2D eigenvalue weighted by Crippen LogP contribution is -2.59. The highest BCUT2D eigenvalue weighted by Crippen LogP contribution is 2.34. The predicted molar refractivity (Wildman–Crippen MR) is 124 cm³/mol. The summed E-state index contributed by atoms with van der Waals surface area (Å²) in [5.74, 6) is -0.191. The van der Waals surface area contributed by atoms with Crippen molar-refractivity contribution in [2.24, 2.45) is 0 Å². The van der Waals surface area contributed by atoms with Gasteiger partial charge in [-0.3, -0.25) is 14.4 Å². The van der Waals surface area contributed by atoms with Crippen molar-refractivity contribution in [2.75, 3.05) is 37.6 Å². The molecule has 4 rings (SSSR count). The maximum Gasteiger partial charge on any atom is 0.261 e. The third-order valence-electron chi connectivity index (χ3n) is 6.47. The van der Waals surface area contributed by atoms with Crippen molar-refractivity contribution in [1.82, 2.24) is 10.2 Å². The summed E-state index contributed by atoms with van der Waals surface area (Å²) >= 11 is 0. The van der Waals surface area contributed by atoms with Gasteiger partial charge >= 0.3 is 0 Å². The van der Waals surface area contributed by atoms with E-state index >= 15 is 0 Å². The highest BCUT2D eigenvalue weighted by atomic mass is 32.2. The van der Waals surface area contributed by atoms with Gasteiger partial charge in [0.2, 0.25) is 0 Å². The van der Waals surface area contributed by atoms with Gasteiger partial charge in [-0.05, 0) is 43.2 Å². The van der Waals surface area contributed by atoms with Crippen LogP contribution in [-0.2, 0) is 14.8 Å². The molecule has 1 saturated heterocycles. The number of carbonyl (C=O) groups excluding carboxylic acids is 1. The van der Waals surface area contributed by atoms with Crippen LogP contribution >= 0.6 is 0 Å². The van der Waals surface area contributed by atoms with E-state index < -0.39 is 10.0 Å². The predicted octanol–water partition coefficient (Wildman–Crippen LogP) is 3.25. The fourth-order valence-corrected chi connectivity index (χ4v) is 5.81. The Bertz CT molecular complexity index is 1010. The minimum atomic E-state index is -3.71. The molecule has 2 aromatic rings. The molecule has 0 spiro atoms. The zero-order valence-corrected chi connectivity index (χ0v) is 19.1. The molecular formula is C24H31N3O4S. The molecule has 8 heteroatoms. The minimum absolute atomic E-state index is 0.0236. The molecule has 2 aliphatic rings. The molecule has 1 aliphatic heterocycles. The van der Waals surface area contributed by atoms with Crippen LogP contribution in [0, 0.1) is 0 Å². The number of rotatable bonds is 7. The van der Waals surface area contributed by atoms with Crippen molar-refractivity contribution >= 4 is 21.6 Å². The molecule has 1 saturated carbocycles. The van der Waals surface area contributed by atoms with Crippen molar-refractivity contribution in [1.29, 1.82) is 0 Å². The third-order valence-corrected chi connectivity index (χ3v) is 7.87. The second kappa shape index (κ2) is 10.0. The highest BCUT2D eigenvalue weighted by molar-refractivity contribution is 7.92. The number of hydrogen-bond donors (Lipinski definition) is 2. The monoisotopic (exact) mass is 457 g/mol. The van der Waals surface area contributed by atoms with Crippen molar-refractivity contribution in [3.63, 3.8) is 0 Å². The zero-order chi connectivity index (χ0) is 22.4. The summed E-state index contributed by atoms with van der Waals surface area (Å²) in [6.45, 7) is 3.85. The summed E-state index contributed by atoms with van der Waals surface area (Å²) in [4.78, 5) is 15.6. The first-order valence-electron chi connectivity index (χ1n) is 11.3. The first-order chi connectivity index (χ1) is 15.5. The Labute approximate surface area is 190 Å². The van der Waals surface area contributed by atoms with Crippen LogP contribution in [0.2, 0.25) is 0 Å². The van der Waals surface area contributed by atoms with Gasteiger partial charge in [-0.15, -0.1) is 0 Å². The number of benzene rings is 2. The molecule has 0 bridgehead atoms. The SMILES string of the molecule is O=C(NCC1(N2CCOCC2)CCCCC1)c1cccc(NS(=O)(=O)c2ccccc2)c1. The summed E-state index contributed by atoms with van der Waals surface area (Å²) in [6.07, 6.45) is 5.73. The number of anilines is 1. The Morgan fingerprint density at radius 1 is 0.969 bits per heavy atom. The van der Waals surface area contributed by atoms with Gasteiger partial charge in [0.05, 0.1) is 18.1 Å². The average molecular weight is 458 g/mol. The maximum atomic E-state index is 13.0. The van der Waals surface area contributed by atoms with E-state index in [2.05, 4.69) is 14.9 Å². The molecule has 2 aromatic carbocycles. The van der Waals surface area contributed by atoms with E-state index in [1.165, 1.54) is 31.4 Å². The van der Waals surface area contributed by atoms with E-state index in [9.17, 15) is 13.2 Å². The van der Waals surface area contributed by atoms with Gasteiger partial charge in [0.25, 0.3) is 15.9 Å². The lowest BCUT2D eigenvalue weighted by atomic mass is 9.79. The lowest BCUT2D eigenvalue weighted by molar-refractivity contribution is -0.0361. The number of carbonyl (C=O) groups is 1.